The molecule has 0 amide bonds. The molecular formula is C46H83N3O14. The van der Waals surface area contributed by atoms with Crippen molar-refractivity contribution in [2.45, 2.75) is 211 Å². The van der Waals surface area contributed by atoms with Crippen molar-refractivity contribution < 1.29 is 66.9 Å². The van der Waals surface area contributed by atoms with Crippen LogP contribution in [0.3, 0.4) is 0 Å². The zero-order valence-corrected chi connectivity index (χ0v) is 41.0. The van der Waals surface area contributed by atoms with Gasteiger partial charge in [0.25, 0.3) is 0 Å². The number of nitrogens with two attached hydrogens (primary N) is 1. The average molecular weight is 902 g/mol. The van der Waals surface area contributed by atoms with Gasteiger partial charge in [0.1, 0.15) is 12.2 Å². The third-order valence-corrected chi connectivity index (χ3v) is 14.0. The highest BCUT2D eigenvalue weighted by Gasteiger charge is 2.58. The number of aliphatic hydroxyl groups is 1. The molecule has 0 spiro atoms. The van der Waals surface area contributed by atoms with Gasteiger partial charge in [-0.2, -0.15) is 0 Å². The van der Waals surface area contributed by atoms with Gasteiger partial charge >= 0.3 is 18.1 Å². The first-order valence-corrected chi connectivity index (χ1v) is 23.3. The fraction of sp³-hybridized carbons (Fsp3) is 0.935. The van der Waals surface area contributed by atoms with Gasteiger partial charge in [0, 0.05) is 45.6 Å². The minimum Gasteiger partial charge on any atom is -0.458 e. The van der Waals surface area contributed by atoms with Crippen LogP contribution in [0.25, 0.3) is 0 Å². The summed E-state index contributed by atoms with van der Waals surface area (Å²) in [6.45, 7) is 21.7. The quantitative estimate of drug-likeness (QED) is 0.137. The van der Waals surface area contributed by atoms with Crippen molar-refractivity contribution >= 4 is 18.1 Å². The van der Waals surface area contributed by atoms with Crippen molar-refractivity contribution in [1.29, 1.82) is 0 Å². The maximum absolute atomic E-state index is 14.7. The van der Waals surface area contributed by atoms with E-state index in [1.54, 1.807) is 27.9 Å². The zero-order valence-electron chi connectivity index (χ0n) is 41.0. The lowest BCUT2D eigenvalue weighted by Crippen LogP contribution is -2.61. The number of unbranched alkanes of at least 4 members (excludes halogenated alkanes) is 2. The summed E-state index contributed by atoms with van der Waals surface area (Å²) in [4.78, 5) is 44.3. The number of cyclic esters (lactones) is 1. The number of rotatable bonds is 14. The van der Waals surface area contributed by atoms with Gasteiger partial charge in [0.2, 0.25) is 0 Å². The van der Waals surface area contributed by atoms with E-state index in [0.717, 1.165) is 19.3 Å². The molecule has 0 radical (unpaired) electrons. The van der Waals surface area contributed by atoms with Gasteiger partial charge in [-0.05, 0) is 121 Å². The number of fused-ring (bicyclic) bond motifs is 1. The number of hydrogen-bond acceptors (Lipinski definition) is 17. The van der Waals surface area contributed by atoms with E-state index in [4.69, 9.17) is 53.1 Å². The van der Waals surface area contributed by atoms with Crippen LogP contribution in [-0.2, 0) is 57.0 Å². The molecule has 63 heavy (non-hydrogen) atoms. The molecule has 0 aromatic carbocycles. The summed E-state index contributed by atoms with van der Waals surface area (Å²) in [5, 5.41) is 12.9. The van der Waals surface area contributed by atoms with Gasteiger partial charge in [-0.1, -0.05) is 20.8 Å². The second-order valence-electron chi connectivity index (χ2n) is 19.8. The lowest BCUT2D eigenvalue weighted by atomic mass is 9.77. The Morgan fingerprint density at radius 1 is 0.952 bits per heavy atom. The molecule has 0 aromatic rings. The van der Waals surface area contributed by atoms with E-state index >= 15 is 0 Å². The number of hydrogen-bond donors (Lipinski definition) is 2. The number of esters is 2. The predicted molar refractivity (Wildman–Crippen MR) is 233 cm³/mol. The molecule has 4 aliphatic rings. The Balaban J connectivity index is 1.83. The summed E-state index contributed by atoms with van der Waals surface area (Å²) < 4.78 is 63.7. The normalized spacial score (nSPS) is 43.6. The molecule has 4 rings (SSSR count). The molecule has 0 saturated carbocycles. The predicted octanol–water partition coefficient (Wildman–Crippen LogP) is 4.81. The Morgan fingerprint density at radius 2 is 1.63 bits per heavy atom. The fourth-order valence-electron chi connectivity index (χ4n) is 10.6. The molecule has 0 bridgehead atoms. The highest BCUT2D eigenvalue weighted by atomic mass is 16.8. The van der Waals surface area contributed by atoms with Crippen LogP contribution in [0.2, 0.25) is 0 Å². The zero-order chi connectivity index (χ0) is 47.2. The molecule has 0 aliphatic carbocycles. The fourth-order valence-corrected chi connectivity index (χ4v) is 10.6. The van der Waals surface area contributed by atoms with Crippen molar-refractivity contribution in [3.63, 3.8) is 0 Å². The van der Waals surface area contributed by atoms with Crippen molar-refractivity contribution in [2.24, 2.45) is 23.5 Å². The Labute approximate surface area is 376 Å². The van der Waals surface area contributed by atoms with E-state index in [0.29, 0.717) is 32.5 Å². The summed E-state index contributed by atoms with van der Waals surface area (Å²) >= 11 is 0. The summed E-state index contributed by atoms with van der Waals surface area (Å²) in [6, 6.07) is -0.627. The molecule has 17 nitrogen and oxygen atoms in total. The van der Waals surface area contributed by atoms with Gasteiger partial charge < -0.3 is 63.1 Å². The van der Waals surface area contributed by atoms with Gasteiger partial charge in [0.05, 0.1) is 47.6 Å². The van der Waals surface area contributed by atoms with Crippen molar-refractivity contribution in [3.8, 4) is 0 Å². The first kappa shape index (κ1) is 53.4. The Morgan fingerprint density at radius 3 is 2.24 bits per heavy atom. The Kier molecular flexibility index (Phi) is 19.1. The molecule has 0 unspecified atom stereocenters. The van der Waals surface area contributed by atoms with E-state index in [1.807, 2.05) is 74.5 Å². The number of ether oxygens (including phenoxy) is 10. The SMILES string of the molecule is CC[C@H]1OC(=O)[C@H](C)[C@@H](O[C@H]2C[C@@](C)(OC)[C@@H](OCCCCCN)[C@H](C)O2)[C@H](C)[C@@H](O[C@@H]2O[C@H](C)C[C@H](N(C)C)[C@H]2OC(C)=O)[C@](C)(O)C[C@@H](C)CN(C)[C@H](C)[C@H]2OC(=O)O[C@@]21C. The van der Waals surface area contributed by atoms with Crippen LogP contribution in [-0.4, -0.2) is 171 Å². The van der Waals surface area contributed by atoms with Crippen LogP contribution in [0.5, 0.6) is 0 Å². The summed E-state index contributed by atoms with van der Waals surface area (Å²) in [6.07, 6.45) is -4.49. The second-order valence-corrected chi connectivity index (χ2v) is 19.8. The van der Waals surface area contributed by atoms with E-state index < -0.39 is 102 Å². The first-order valence-electron chi connectivity index (χ1n) is 23.3. The number of carbonyl (C=O) groups is 3. The summed E-state index contributed by atoms with van der Waals surface area (Å²) in [5.41, 5.74) is 1.97. The molecule has 0 aromatic heterocycles. The maximum atomic E-state index is 14.7. The largest absolute Gasteiger partial charge is 0.509 e. The lowest BCUT2D eigenvalue weighted by Gasteiger charge is -2.49. The van der Waals surface area contributed by atoms with E-state index in [2.05, 4.69) is 4.90 Å². The monoisotopic (exact) mass is 902 g/mol. The van der Waals surface area contributed by atoms with Crippen LogP contribution >= 0.6 is 0 Å². The second kappa shape index (κ2) is 22.5. The Bertz CT molecular complexity index is 1490. The van der Waals surface area contributed by atoms with E-state index in [1.165, 1.54) is 6.92 Å². The van der Waals surface area contributed by atoms with Crippen molar-refractivity contribution in [1.82, 2.24) is 9.80 Å². The Hall–Kier alpha value is -2.19. The average Bonchev–Trinajstić information content (AvgIpc) is 3.51. The first-order chi connectivity index (χ1) is 29.4. The van der Waals surface area contributed by atoms with Gasteiger partial charge in [-0.15, -0.1) is 0 Å². The molecule has 18 atom stereocenters. The molecule has 4 fully saturated rings. The summed E-state index contributed by atoms with van der Waals surface area (Å²) in [7, 11) is 7.39. The molecule has 4 saturated heterocycles. The van der Waals surface area contributed by atoms with Crippen molar-refractivity contribution in [2.75, 3.05) is 47.9 Å². The number of carbonyl (C=O) groups excluding carboxylic acids is 3. The van der Waals surface area contributed by atoms with Gasteiger partial charge in [0.15, 0.2) is 30.4 Å². The van der Waals surface area contributed by atoms with Crippen LogP contribution in [0.4, 0.5) is 4.79 Å². The van der Waals surface area contributed by atoms with Gasteiger partial charge in [-0.25, -0.2) is 4.79 Å². The number of likely N-dealkylation sites (N-methyl/N-ethyl adjacent to an activating group) is 2. The van der Waals surface area contributed by atoms with Crippen LogP contribution < -0.4 is 5.73 Å². The molecule has 3 N–H and O–H groups in total. The molecule has 17 heteroatoms. The number of nitrogens with zero attached hydrogens (tertiary/aromatic N) is 2. The van der Waals surface area contributed by atoms with Crippen LogP contribution in [0.1, 0.15) is 121 Å². The third kappa shape index (κ3) is 12.8. The smallest absolute Gasteiger partial charge is 0.458 e. The minimum absolute atomic E-state index is 0.140. The topological polar surface area (TPSA) is 196 Å². The van der Waals surface area contributed by atoms with Crippen LogP contribution in [0, 0.1) is 17.8 Å². The minimum atomic E-state index is -1.58. The van der Waals surface area contributed by atoms with Crippen molar-refractivity contribution in [3.05, 3.63) is 0 Å². The van der Waals surface area contributed by atoms with Gasteiger partial charge in [-0.3, -0.25) is 14.5 Å². The molecule has 4 aliphatic heterocycles. The lowest BCUT2D eigenvalue weighted by molar-refractivity contribution is -0.321. The van der Waals surface area contributed by atoms with E-state index in [-0.39, 0.29) is 36.9 Å². The van der Waals surface area contributed by atoms with Crippen LogP contribution in [0.15, 0.2) is 0 Å². The number of methoxy groups -OCH3 is 1. The summed E-state index contributed by atoms with van der Waals surface area (Å²) in [5.74, 6) is -3.00. The molecule has 366 valence electrons. The standard InChI is InChI=1S/C46H83N3O14/c1-16-34-46(11)39(62-43(52)63-46)30(6)49(14)25-26(2)23-44(9,53)38(61-42-37(58-32(8)50)33(48(12)13)22-27(3)56-42)28(4)36(29(5)41(51)59-34)60-35-24-45(10,54-15)40(31(7)57-35)55-21-19-17-18-20-47/h26-31,33-40,42,53H,16-25,47H2,1-15H3/t26-,27-,28+,29-,30-,31+,33+,34-,35+,36+,37-,38-,39-,40+,42+,44-,45-,46-/m1/s1. The highest BCUT2D eigenvalue weighted by molar-refractivity contribution is 5.73. The third-order valence-electron chi connectivity index (χ3n) is 14.0. The maximum Gasteiger partial charge on any atom is 0.509 e. The molecule has 4 heterocycles. The molecular weight excluding hydrogens is 819 g/mol. The van der Waals surface area contributed by atoms with E-state index in [9.17, 15) is 19.5 Å². The highest BCUT2D eigenvalue weighted by Crippen LogP contribution is 2.42.